The molecule has 14 heavy (non-hydrogen) atoms. The number of hydrogen-bond donors (Lipinski definition) is 1. The Labute approximate surface area is 94.7 Å². The van der Waals surface area contributed by atoms with Crippen LogP contribution in [0, 0.1) is 5.92 Å². The van der Waals surface area contributed by atoms with Gasteiger partial charge in [-0.3, -0.25) is 0 Å². The van der Waals surface area contributed by atoms with Crippen LogP contribution < -0.4 is 0 Å². The molecule has 1 heterocycles. The lowest BCUT2D eigenvalue weighted by Crippen LogP contribution is -2.21. The summed E-state index contributed by atoms with van der Waals surface area (Å²) in [6, 6.07) is 0. The molecule has 1 rings (SSSR count). The average Bonchev–Trinajstić information content (AvgIpc) is 2.61. The summed E-state index contributed by atoms with van der Waals surface area (Å²) < 4.78 is 0. The second kappa shape index (κ2) is 7.58. The van der Waals surface area contributed by atoms with Gasteiger partial charge in [0.2, 0.25) is 0 Å². The van der Waals surface area contributed by atoms with E-state index < -0.39 is 0 Å². The first-order chi connectivity index (χ1) is 6.86. The van der Waals surface area contributed by atoms with E-state index in [0.29, 0.717) is 0 Å². The minimum Gasteiger partial charge on any atom is -0.303 e. The fourth-order valence-electron chi connectivity index (χ4n) is 2.38. The molecule has 0 saturated carbocycles. The Morgan fingerprint density at radius 3 is 2.86 bits per heavy atom. The molecule has 0 N–H and O–H groups in total. The van der Waals surface area contributed by atoms with Gasteiger partial charge in [-0.05, 0) is 50.4 Å². The predicted octanol–water partition coefficient (Wildman–Crippen LogP) is 3.21. The van der Waals surface area contributed by atoms with E-state index in [1.165, 1.54) is 58.2 Å². The van der Waals surface area contributed by atoms with E-state index in [1.807, 2.05) is 0 Å². The molecule has 84 valence electrons. The van der Waals surface area contributed by atoms with Gasteiger partial charge < -0.3 is 4.90 Å². The van der Waals surface area contributed by atoms with Crippen molar-refractivity contribution >= 4 is 12.6 Å². The Morgan fingerprint density at radius 1 is 1.29 bits per heavy atom. The molecule has 0 aromatic heterocycles. The number of rotatable bonds is 7. The molecular weight excluding hydrogens is 190 g/mol. The summed E-state index contributed by atoms with van der Waals surface area (Å²) in [5.74, 6) is 2.06. The van der Waals surface area contributed by atoms with Crippen LogP contribution in [0.5, 0.6) is 0 Å². The smallest absolute Gasteiger partial charge is 0.00101 e. The molecule has 2 heteroatoms. The second-order valence-electron chi connectivity index (χ2n) is 4.53. The van der Waals surface area contributed by atoms with Crippen molar-refractivity contribution in [3.05, 3.63) is 0 Å². The van der Waals surface area contributed by atoms with Crippen LogP contribution in [0.1, 0.15) is 45.4 Å². The lowest BCUT2D eigenvalue weighted by Gasteiger charge is -2.15. The molecule has 0 aliphatic carbocycles. The Hall–Kier alpha value is 0.310. The van der Waals surface area contributed by atoms with Gasteiger partial charge in [0.1, 0.15) is 0 Å². The lowest BCUT2D eigenvalue weighted by molar-refractivity contribution is 0.312. The van der Waals surface area contributed by atoms with E-state index in [0.717, 1.165) is 11.7 Å². The zero-order valence-corrected chi connectivity index (χ0v) is 10.4. The first kappa shape index (κ1) is 12.4. The molecule has 0 spiro atoms. The van der Waals surface area contributed by atoms with Crippen molar-refractivity contribution in [2.45, 2.75) is 45.4 Å². The summed E-state index contributed by atoms with van der Waals surface area (Å²) in [6.07, 6.45) is 8.26. The fourth-order valence-corrected chi connectivity index (χ4v) is 2.61. The van der Waals surface area contributed by atoms with E-state index in [-0.39, 0.29) is 0 Å². The van der Waals surface area contributed by atoms with Crippen LogP contribution in [0.3, 0.4) is 0 Å². The maximum Gasteiger partial charge on any atom is 0.00101 e. The molecular formula is C12H25NS. The Kier molecular flexibility index (Phi) is 6.70. The van der Waals surface area contributed by atoms with Crippen molar-refractivity contribution in [1.29, 1.82) is 0 Å². The summed E-state index contributed by atoms with van der Waals surface area (Å²) >= 11 is 4.23. The second-order valence-corrected chi connectivity index (χ2v) is 4.98. The molecule has 1 aliphatic rings. The first-order valence-electron chi connectivity index (χ1n) is 6.20. The van der Waals surface area contributed by atoms with Crippen molar-refractivity contribution in [3.8, 4) is 0 Å². The molecule has 1 fully saturated rings. The van der Waals surface area contributed by atoms with Gasteiger partial charge in [-0.15, -0.1) is 0 Å². The topological polar surface area (TPSA) is 3.24 Å². The van der Waals surface area contributed by atoms with E-state index in [2.05, 4.69) is 24.5 Å². The largest absolute Gasteiger partial charge is 0.303 e. The highest BCUT2D eigenvalue weighted by molar-refractivity contribution is 7.80. The van der Waals surface area contributed by atoms with Crippen LogP contribution in [-0.4, -0.2) is 30.3 Å². The molecule has 1 saturated heterocycles. The molecule has 1 unspecified atom stereocenters. The van der Waals surface area contributed by atoms with Crippen molar-refractivity contribution in [2.75, 3.05) is 25.4 Å². The molecule has 0 amide bonds. The van der Waals surface area contributed by atoms with Crippen LogP contribution in [0.15, 0.2) is 0 Å². The molecule has 1 aliphatic heterocycles. The summed E-state index contributed by atoms with van der Waals surface area (Å²) in [5.41, 5.74) is 0. The van der Waals surface area contributed by atoms with Crippen molar-refractivity contribution < 1.29 is 0 Å². The quantitative estimate of drug-likeness (QED) is 0.504. The summed E-state index contributed by atoms with van der Waals surface area (Å²) in [4.78, 5) is 2.65. The standard InChI is InChI=1S/C12H25NS/c1-2-6-12-7-9-13(11-12)8-4-3-5-10-14/h12,14H,2-11H2,1H3. The molecule has 0 bridgehead atoms. The van der Waals surface area contributed by atoms with Crippen LogP contribution in [0.2, 0.25) is 0 Å². The monoisotopic (exact) mass is 215 g/mol. The highest BCUT2D eigenvalue weighted by atomic mass is 32.1. The van der Waals surface area contributed by atoms with Gasteiger partial charge in [0.05, 0.1) is 0 Å². The SMILES string of the molecule is CCCC1CCN(CCCCCS)C1. The van der Waals surface area contributed by atoms with Gasteiger partial charge in [-0.2, -0.15) is 12.6 Å². The van der Waals surface area contributed by atoms with Crippen LogP contribution in [0.25, 0.3) is 0 Å². The van der Waals surface area contributed by atoms with Crippen molar-refractivity contribution in [3.63, 3.8) is 0 Å². The normalized spacial score (nSPS) is 23.1. The number of unbranched alkanes of at least 4 members (excludes halogenated alkanes) is 2. The third-order valence-electron chi connectivity index (χ3n) is 3.20. The number of likely N-dealkylation sites (tertiary alicyclic amines) is 1. The minimum atomic E-state index is 1.00. The molecule has 0 aromatic rings. The summed E-state index contributed by atoms with van der Waals surface area (Å²) in [5, 5.41) is 0. The number of hydrogen-bond acceptors (Lipinski definition) is 2. The highest BCUT2D eigenvalue weighted by Crippen LogP contribution is 2.20. The Bertz CT molecular complexity index is 138. The summed E-state index contributed by atoms with van der Waals surface area (Å²) in [6.45, 7) is 6.35. The van der Waals surface area contributed by atoms with E-state index in [9.17, 15) is 0 Å². The highest BCUT2D eigenvalue weighted by Gasteiger charge is 2.20. The van der Waals surface area contributed by atoms with E-state index in [4.69, 9.17) is 0 Å². The average molecular weight is 215 g/mol. The maximum absolute atomic E-state index is 4.23. The third kappa shape index (κ3) is 4.70. The van der Waals surface area contributed by atoms with E-state index in [1.54, 1.807) is 0 Å². The van der Waals surface area contributed by atoms with Crippen LogP contribution in [-0.2, 0) is 0 Å². The van der Waals surface area contributed by atoms with Gasteiger partial charge in [0.25, 0.3) is 0 Å². The van der Waals surface area contributed by atoms with E-state index >= 15 is 0 Å². The first-order valence-corrected chi connectivity index (χ1v) is 6.83. The Morgan fingerprint density at radius 2 is 2.14 bits per heavy atom. The van der Waals surface area contributed by atoms with Gasteiger partial charge in [0.15, 0.2) is 0 Å². The predicted molar refractivity (Wildman–Crippen MR) is 67.2 cm³/mol. The Balaban J connectivity index is 1.98. The van der Waals surface area contributed by atoms with Gasteiger partial charge in [-0.25, -0.2) is 0 Å². The van der Waals surface area contributed by atoms with Gasteiger partial charge >= 0.3 is 0 Å². The van der Waals surface area contributed by atoms with Crippen LogP contribution in [0.4, 0.5) is 0 Å². The van der Waals surface area contributed by atoms with Gasteiger partial charge in [0, 0.05) is 6.54 Å². The number of thiol groups is 1. The fraction of sp³-hybridized carbons (Fsp3) is 1.00. The van der Waals surface area contributed by atoms with Crippen molar-refractivity contribution in [2.24, 2.45) is 5.92 Å². The summed E-state index contributed by atoms with van der Waals surface area (Å²) in [7, 11) is 0. The minimum absolute atomic E-state index is 1.00. The zero-order chi connectivity index (χ0) is 10.2. The van der Waals surface area contributed by atoms with Crippen LogP contribution >= 0.6 is 12.6 Å². The third-order valence-corrected chi connectivity index (χ3v) is 3.52. The maximum atomic E-state index is 4.23. The van der Waals surface area contributed by atoms with Gasteiger partial charge in [-0.1, -0.05) is 19.8 Å². The molecule has 0 radical (unpaired) electrons. The zero-order valence-electron chi connectivity index (χ0n) is 9.54. The molecule has 1 atom stereocenters. The lowest BCUT2D eigenvalue weighted by atomic mass is 10.0. The number of nitrogens with zero attached hydrogens (tertiary/aromatic N) is 1. The van der Waals surface area contributed by atoms with Crippen molar-refractivity contribution in [1.82, 2.24) is 4.90 Å². The molecule has 1 nitrogen and oxygen atoms in total. The molecule has 0 aromatic carbocycles.